The zero-order valence-electron chi connectivity index (χ0n) is 23.5. The number of rotatable bonds is 16. The third-order valence-electron chi connectivity index (χ3n) is 9.32. The molecule has 36 heavy (non-hydrogen) atoms. The summed E-state index contributed by atoms with van der Waals surface area (Å²) in [5.41, 5.74) is 0.574. The Hall–Kier alpha value is -1.12. The Kier molecular flexibility index (Phi) is 13.6. The second-order valence-electron chi connectivity index (χ2n) is 12.0. The van der Waals surface area contributed by atoms with E-state index in [0.717, 1.165) is 43.4 Å². The standard InChI is InChI=1S/C33H54F2O/c1-3-5-7-9-10-11-13-25-36-31-24-23-30(32(34)33(31)35)29-21-19-28(20-22-29)27-17-15-26(16-18-27)14-12-8-6-4-2/h23-24,26-29H,3-22,25H2,1-2H3. The van der Waals surface area contributed by atoms with Gasteiger partial charge >= 0.3 is 0 Å². The van der Waals surface area contributed by atoms with Crippen molar-refractivity contribution in [3.05, 3.63) is 29.3 Å². The molecular formula is C33H54F2O. The molecule has 2 aliphatic rings. The van der Waals surface area contributed by atoms with Crippen LogP contribution in [0.1, 0.15) is 154 Å². The fourth-order valence-electron chi connectivity index (χ4n) is 6.92. The number of hydrogen-bond acceptors (Lipinski definition) is 1. The third kappa shape index (κ3) is 9.32. The molecule has 3 heteroatoms. The molecule has 206 valence electrons. The van der Waals surface area contributed by atoms with Gasteiger partial charge in [-0.3, -0.25) is 0 Å². The summed E-state index contributed by atoms with van der Waals surface area (Å²) in [6.07, 6.45) is 25.2. The van der Waals surface area contributed by atoms with Crippen LogP contribution in [0.25, 0.3) is 0 Å². The van der Waals surface area contributed by atoms with Gasteiger partial charge in [0.2, 0.25) is 5.82 Å². The minimum absolute atomic E-state index is 0.0855. The summed E-state index contributed by atoms with van der Waals surface area (Å²) in [7, 11) is 0. The number of halogens is 2. The quantitative estimate of drug-likeness (QED) is 0.203. The normalized spacial score (nSPS) is 24.7. The molecule has 0 aromatic heterocycles. The first kappa shape index (κ1) is 29.4. The van der Waals surface area contributed by atoms with Crippen LogP contribution in [0.3, 0.4) is 0 Å². The predicted octanol–water partition coefficient (Wildman–Crippen LogP) is 11.1. The van der Waals surface area contributed by atoms with Gasteiger partial charge in [-0.15, -0.1) is 0 Å². The molecule has 1 aromatic rings. The van der Waals surface area contributed by atoms with E-state index in [4.69, 9.17) is 4.74 Å². The highest BCUT2D eigenvalue weighted by molar-refractivity contribution is 5.33. The van der Waals surface area contributed by atoms with E-state index < -0.39 is 11.6 Å². The van der Waals surface area contributed by atoms with E-state index in [1.54, 1.807) is 12.1 Å². The van der Waals surface area contributed by atoms with Crippen LogP contribution in [0.15, 0.2) is 12.1 Å². The van der Waals surface area contributed by atoms with E-state index in [-0.39, 0.29) is 11.7 Å². The molecule has 2 aliphatic carbocycles. The van der Waals surface area contributed by atoms with Crippen molar-refractivity contribution in [3.8, 4) is 5.75 Å². The van der Waals surface area contributed by atoms with Crippen LogP contribution in [0.5, 0.6) is 5.75 Å². The van der Waals surface area contributed by atoms with Gasteiger partial charge in [0.15, 0.2) is 11.6 Å². The molecule has 2 fully saturated rings. The van der Waals surface area contributed by atoms with Gasteiger partial charge in [0, 0.05) is 0 Å². The first-order valence-electron chi connectivity index (χ1n) is 15.7. The molecule has 1 nitrogen and oxygen atoms in total. The summed E-state index contributed by atoms with van der Waals surface area (Å²) in [5.74, 6) is 1.40. The smallest absolute Gasteiger partial charge is 0.200 e. The van der Waals surface area contributed by atoms with Gasteiger partial charge in [-0.25, -0.2) is 4.39 Å². The summed E-state index contributed by atoms with van der Waals surface area (Å²) in [6, 6.07) is 3.47. The van der Waals surface area contributed by atoms with E-state index in [1.807, 2.05) is 0 Å². The Bertz CT molecular complexity index is 717. The number of benzene rings is 1. The number of hydrogen-bond donors (Lipinski definition) is 0. The van der Waals surface area contributed by atoms with Crippen LogP contribution in [0.2, 0.25) is 0 Å². The lowest BCUT2D eigenvalue weighted by Crippen LogP contribution is -2.25. The van der Waals surface area contributed by atoms with Crippen molar-refractivity contribution in [2.75, 3.05) is 6.61 Å². The number of unbranched alkanes of at least 4 members (excludes halogenated alkanes) is 9. The molecule has 1 aromatic carbocycles. The minimum atomic E-state index is -0.783. The van der Waals surface area contributed by atoms with Crippen molar-refractivity contribution in [2.24, 2.45) is 17.8 Å². The molecule has 0 atom stereocenters. The molecule has 0 heterocycles. The largest absolute Gasteiger partial charge is 0.490 e. The lowest BCUT2D eigenvalue weighted by Gasteiger charge is -2.38. The Balaban J connectivity index is 1.37. The van der Waals surface area contributed by atoms with Crippen molar-refractivity contribution >= 4 is 0 Å². The van der Waals surface area contributed by atoms with Gasteiger partial charge in [-0.2, -0.15) is 4.39 Å². The first-order valence-corrected chi connectivity index (χ1v) is 15.7. The van der Waals surface area contributed by atoms with Gasteiger partial charge in [0.05, 0.1) is 6.61 Å². The molecule has 0 amide bonds. The SMILES string of the molecule is CCCCCCCCCOc1ccc(C2CCC(C3CCC(CCCCCC)CC3)CC2)c(F)c1F. The van der Waals surface area contributed by atoms with Crippen LogP contribution >= 0.6 is 0 Å². The van der Waals surface area contributed by atoms with E-state index >= 15 is 0 Å². The Morgan fingerprint density at radius 1 is 0.639 bits per heavy atom. The van der Waals surface area contributed by atoms with Gasteiger partial charge < -0.3 is 4.74 Å². The topological polar surface area (TPSA) is 9.23 Å². The summed E-state index contributed by atoms with van der Waals surface area (Å²) in [5, 5.41) is 0. The fourth-order valence-corrected chi connectivity index (χ4v) is 6.92. The summed E-state index contributed by atoms with van der Waals surface area (Å²) in [4.78, 5) is 0. The maximum Gasteiger partial charge on any atom is 0.200 e. The van der Waals surface area contributed by atoms with Crippen LogP contribution in [-0.2, 0) is 0 Å². The van der Waals surface area contributed by atoms with Gasteiger partial charge in [0.25, 0.3) is 0 Å². The number of ether oxygens (including phenoxy) is 1. The highest BCUT2D eigenvalue weighted by Crippen LogP contribution is 2.45. The zero-order chi connectivity index (χ0) is 25.6. The van der Waals surface area contributed by atoms with Gasteiger partial charge in [0.1, 0.15) is 0 Å². The van der Waals surface area contributed by atoms with E-state index in [2.05, 4.69) is 13.8 Å². The van der Waals surface area contributed by atoms with Crippen molar-refractivity contribution < 1.29 is 13.5 Å². The van der Waals surface area contributed by atoms with Crippen molar-refractivity contribution in [1.82, 2.24) is 0 Å². The van der Waals surface area contributed by atoms with Crippen LogP contribution < -0.4 is 4.74 Å². The van der Waals surface area contributed by atoms with Crippen LogP contribution in [0.4, 0.5) is 8.78 Å². The fraction of sp³-hybridized carbons (Fsp3) is 0.818. The maximum absolute atomic E-state index is 15.0. The molecular weight excluding hydrogens is 450 g/mol. The summed E-state index contributed by atoms with van der Waals surface area (Å²) >= 11 is 0. The highest BCUT2D eigenvalue weighted by atomic mass is 19.2. The monoisotopic (exact) mass is 504 g/mol. The third-order valence-corrected chi connectivity index (χ3v) is 9.32. The van der Waals surface area contributed by atoms with Crippen molar-refractivity contribution in [1.29, 1.82) is 0 Å². The molecule has 0 spiro atoms. The molecule has 3 rings (SSSR count). The second-order valence-corrected chi connectivity index (χ2v) is 12.0. The first-order chi connectivity index (χ1) is 17.6. The summed E-state index contributed by atoms with van der Waals surface area (Å²) < 4.78 is 35.4. The molecule has 0 radical (unpaired) electrons. The highest BCUT2D eigenvalue weighted by Gasteiger charge is 2.32. The second kappa shape index (κ2) is 16.7. The summed E-state index contributed by atoms with van der Waals surface area (Å²) in [6.45, 7) is 4.97. The Morgan fingerprint density at radius 3 is 1.83 bits per heavy atom. The molecule has 2 saturated carbocycles. The minimum Gasteiger partial charge on any atom is -0.490 e. The molecule has 0 bridgehead atoms. The van der Waals surface area contributed by atoms with Crippen LogP contribution in [-0.4, -0.2) is 6.61 Å². The zero-order valence-corrected chi connectivity index (χ0v) is 23.5. The van der Waals surface area contributed by atoms with Gasteiger partial charge in [-0.1, -0.05) is 103 Å². The van der Waals surface area contributed by atoms with E-state index in [1.165, 1.54) is 103 Å². The molecule has 0 unspecified atom stereocenters. The molecule has 0 aliphatic heterocycles. The van der Waals surface area contributed by atoms with Crippen molar-refractivity contribution in [3.63, 3.8) is 0 Å². The Morgan fingerprint density at radius 2 is 1.19 bits per heavy atom. The predicted molar refractivity (Wildman–Crippen MR) is 149 cm³/mol. The maximum atomic E-state index is 15.0. The molecule has 0 saturated heterocycles. The lowest BCUT2D eigenvalue weighted by atomic mass is 9.68. The van der Waals surface area contributed by atoms with E-state index in [0.29, 0.717) is 12.2 Å². The molecule has 0 N–H and O–H groups in total. The average molecular weight is 505 g/mol. The van der Waals surface area contributed by atoms with E-state index in [9.17, 15) is 8.78 Å². The Labute approximate surface area is 221 Å². The van der Waals surface area contributed by atoms with Gasteiger partial charge in [-0.05, 0) is 80.2 Å². The van der Waals surface area contributed by atoms with Crippen molar-refractivity contribution in [2.45, 2.75) is 148 Å². The van der Waals surface area contributed by atoms with Crippen LogP contribution in [0, 0.1) is 29.4 Å². The lowest BCUT2D eigenvalue weighted by molar-refractivity contribution is 0.155. The average Bonchev–Trinajstić information content (AvgIpc) is 2.91.